The molecule has 6 rings (SSSR count). The number of nitrogens with zero attached hydrogens (tertiary/aromatic N) is 5. The van der Waals surface area contributed by atoms with Crippen LogP contribution in [0.1, 0.15) is 76.8 Å². The van der Waals surface area contributed by atoms with Crippen LogP contribution in [-0.4, -0.2) is 58.9 Å². The number of carbonyl (C=O) groups excluding carboxylic acids is 2. The van der Waals surface area contributed by atoms with Crippen LogP contribution in [0, 0.1) is 22.0 Å². The summed E-state index contributed by atoms with van der Waals surface area (Å²) in [6, 6.07) is 6.62. The summed E-state index contributed by atoms with van der Waals surface area (Å²) in [5.74, 6) is 2.22. The van der Waals surface area contributed by atoms with Crippen molar-refractivity contribution in [2.45, 2.75) is 96.5 Å². The highest BCUT2D eigenvalue weighted by molar-refractivity contribution is 6.42. The number of nitrogens with one attached hydrogen (secondary N) is 2. The lowest BCUT2D eigenvalue weighted by molar-refractivity contribution is -0.384. The van der Waals surface area contributed by atoms with Crippen LogP contribution in [0.5, 0.6) is 11.5 Å². The Hall–Kier alpha value is -4.56. The molecule has 3 aromatic rings. The van der Waals surface area contributed by atoms with Crippen LogP contribution in [0.3, 0.4) is 0 Å². The molecule has 2 N–H and O–H groups in total. The molecular formula is C37H45Cl2N7O7. The fraction of sp³-hybridized carbons (Fsp3) is 0.514. The monoisotopic (exact) mass is 769 g/mol. The van der Waals surface area contributed by atoms with Crippen LogP contribution in [0.4, 0.5) is 32.7 Å². The molecule has 2 heterocycles. The molecule has 2 saturated carbocycles. The molecule has 3 aliphatic rings. The highest BCUT2D eigenvalue weighted by Crippen LogP contribution is 2.48. The van der Waals surface area contributed by atoms with Crippen LogP contribution in [0.15, 0.2) is 36.5 Å². The van der Waals surface area contributed by atoms with Crippen molar-refractivity contribution in [2.24, 2.45) is 11.8 Å². The van der Waals surface area contributed by atoms with E-state index in [9.17, 15) is 19.7 Å². The summed E-state index contributed by atoms with van der Waals surface area (Å²) in [6.07, 6.45) is 8.59. The van der Waals surface area contributed by atoms with Gasteiger partial charge in [-0.1, -0.05) is 61.0 Å². The van der Waals surface area contributed by atoms with Crippen molar-refractivity contribution in [2.75, 3.05) is 29.3 Å². The molecule has 284 valence electrons. The number of benzene rings is 2. The summed E-state index contributed by atoms with van der Waals surface area (Å²) in [7, 11) is 2.89. The van der Waals surface area contributed by atoms with E-state index in [0.29, 0.717) is 28.8 Å². The van der Waals surface area contributed by atoms with Crippen molar-refractivity contribution < 1.29 is 28.7 Å². The summed E-state index contributed by atoms with van der Waals surface area (Å²) >= 11 is 13.6. The second-order valence-corrected chi connectivity index (χ2v) is 15.6. The first kappa shape index (κ1) is 38.2. The van der Waals surface area contributed by atoms with Gasteiger partial charge in [-0.25, -0.2) is 14.6 Å². The minimum absolute atomic E-state index is 0.00561. The number of carbonyl (C=O) groups is 2. The number of aromatic nitrogens is 2. The van der Waals surface area contributed by atoms with Crippen LogP contribution in [0.25, 0.3) is 0 Å². The smallest absolute Gasteiger partial charge is 0.407 e. The molecule has 3 unspecified atom stereocenters. The Kier molecular flexibility index (Phi) is 11.4. The topological polar surface area (TPSA) is 161 Å². The van der Waals surface area contributed by atoms with Crippen LogP contribution < -0.4 is 29.9 Å². The van der Waals surface area contributed by atoms with Crippen molar-refractivity contribution in [1.29, 1.82) is 0 Å². The number of fused-ring (bicyclic) bond motifs is 1. The molecule has 1 aliphatic heterocycles. The zero-order chi connectivity index (χ0) is 38.0. The molecule has 0 radical (unpaired) electrons. The van der Waals surface area contributed by atoms with Crippen molar-refractivity contribution in [3.8, 4) is 11.5 Å². The van der Waals surface area contributed by atoms with E-state index in [4.69, 9.17) is 47.4 Å². The van der Waals surface area contributed by atoms with Gasteiger partial charge < -0.3 is 24.8 Å². The predicted octanol–water partition coefficient (Wildman–Crippen LogP) is 8.52. The fourth-order valence-electron chi connectivity index (χ4n) is 7.68. The van der Waals surface area contributed by atoms with E-state index in [1.165, 1.54) is 67.9 Å². The van der Waals surface area contributed by atoms with E-state index in [-0.39, 0.29) is 64.0 Å². The third-order valence-electron chi connectivity index (χ3n) is 10.1. The Balaban J connectivity index is 1.37. The average Bonchev–Trinajstić information content (AvgIpc) is 3.66. The molecule has 2 aliphatic carbocycles. The lowest BCUT2D eigenvalue weighted by Crippen LogP contribution is -2.52. The molecule has 2 aromatic carbocycles. The number of rotatable bonds is 10. The summed E-state index contributed by atoms with van der Waals surface area (Å²) in [4.78, 5) is 51.0. The van der Waals surface area contributed by atoms with E-state index in [2.05, 4.69) is 10.6 Å². The minimum Gasteiger partial charge on any atom is -0.495 e. The van der Waals surface area contributed by atoms with E-state index < -0.39 is 22.6 Å². The molecule has 0 bridgehead atoms. The number of ether oxygens (including phenoxy) is 3. The summed E-state index contributed by atoms with van der Waals surface area (Å²) in [5.41, 5.74) is 0.481. The van der Waals surface area contributed by atoms with Crippen molar-refractivity contribution in [3.05, 3.63) is 67.8 Å². The summed E-state index contributed by atoms with van der Waals surface area (Å²) < 4.78 is 16.5. The predicted molar refractivity (Wildman–Crippen MR) is 202 cm³/mol. The number of nitro benzene ring substituents is 1. The van der Waals surface area contributed by atoms with Crippen LogP contribution in [-0.2, 0) is 17.8 Å². The van der Waals surface area contributed by atoms with Crippen LogP contribution in [0.2, 0.25) is 10.0 Å². The van der Waals surface area contributed by atoms with Gasteiger partial charge in [-0.15, -0.1) is 0 Å². The molecule has 3 amide bonds. The maximum Gasteiger partial charge on any atom is 0.407 e. The van der Waals surface area contributed by atoms with E-state index >= 15 is 0 Å². The first-order valence-corrected chi connectivity index (χ1v) is 18.6. The van der Waals surface area contributed by atoms with Gasteiger partial charge in [0.1, 0.15) is 33.0 Å². The van der Waals surface area contributed by atoms with Gasteiger partial charge in [-0.3, -0.25) is 19.9 Å². The van der Waals surface area contributed by atoms with Crippen molar-refractivity contribution >= 4 is 58.5 Å². The van der Waals surface area contributed by atoms with E-state index in [1.807, 2.05) is 20.8 Å². The lowest BCUT2D eigenvalue weighted by atomic mass is 9.75. The fourth-order valence-corrected chi connectivity index (χ4v) is 8.39. The van der Waals surface area contributed by atoms with Crippen LogP contribution >= 0.6 is 23.2 Å². The second kappa shape index (κ2) is 15.8. The Morgan fingerprint density at radius 1 is 1.02 bits per heavy atom. The third-order valence-corrected chi connectivity index (χ3v) is 10.9. The summed E-state index contributed by atoms with van der Waals surface area (Å²) in [6.45, 7) is 5.43. The molecule has 1 aromatic heterocycles. The Morgan fingerprint density at radius 3 is 2.36 bits per heavy atom. The summed E-state index contributed by atoms with van der Waals surface area (Å²) in [5, 5.41) is 18.4. The maximum atomic E-state index is 14.6. The first-order chi connectivity index (χ1) is 25.3. The minimum atomic E-state index is -0.650. The number of non-ortho nitro benzene ring substituents is 1. The van der Waals surface area contributed by atoms with Gasteiger partial charge >= 0.3 is 12.1 Å². The number of urea groups is 1. The first-order valence-electron chi connectivity index (χ1n) is 17.8. The number of anilines is 3. The quantitative estimate of drug-likeness (QED) is 0.151. The number of hydrogen-bond acceptors (Lipinski definition) is 10. The Bertz CT molecular complexity index is 1840. The Labute approximate surface area is 318 Å². The Morgan fingerprint density at radius 2 is 1.72 bits per heavy atom. The number of hydrogen-bond donors (Lipinski definition) is 2. The molecule has 14 nitrogen and oxygen atoms in total. The third kappa shape index (κ3) is 8.49. The highest BCUT2D eigenvalue weighted by atomic mass is 35.5. The largest absolute Gasteiger partial charge is 0.495 e. The zero-order valence-electron chi connectivity index (χ0n) is 30.5. The molecule has 16 heteroatoms. The van der Waals surface area contributed by atoms with Gasteiger partial charge in [0.15, 0.2) is 0 Å². The van der Waals surface area contributed by atoms with Gasteiger partial charge in [0.05, 0.1) is 44.0 Å². The molecule has 0 saturated heterocycles. The molecule has 0 spiro atoms. The van der Waals surface area contributed by atoms with E-state index in [0.717, 1.165) is 19.3 Å². The molecular weight excluding hydrogens is 725 g/mol. The van der Waals surface area contributed by atoms with Gasteiger partial charge in [0.25, 0.3) is 5.69 Å². The number of nitro groups is 1. The van der Waals surface area contributed by atoms with Gasteiger partial charge in [-0.2, -0.15) is 4.98 Å². The normalized spacial score (nSPS) is 20.5. The van der Waals surface area contributed by atoms with Crippen molar-refractivity contribution in [3.63, 3.8) is 0 Å². The molecule has 53 heavy (non-hydrogen) atoms. The molecule has 2 fully saturated rings. The van der Waals surface area contributed by atoms with Gasteiger partial charge in [-0.05, 0) is 57.4 Å². The SMILES string of the molecule is COc1cc(OC)c(Cl)c(N2Cc3cnc(NC4CC(C5CCCC5)CCC4NC(=O)OC(C)(C)C)nc3N(Cc3cccc([N+](=O)[O-])c3)C2=O)c1Cl. The second-order valence-electron chi connectivity index (χ2n) is 14.8. The van der Waals surface area contributed by atoms with Gasteiger partial charge in [0, 0.05) is 36.0 Å². The lowest BCUT2D eigenvalue weighted by Gasteiger charge is -2.40. The van der Waals surface area contributed by atoms with Gasteiger partial charge in [0.2, 0.25) is 5.95 Å². The number of alkyl carbamates (subject to hydrolysis) is 1. The average molecular weight is 771 g/mol. The standard InChI is InChI=1S/C37H45Cl2N7O7/c1-37(2,3)53-35(47)42-26-14-13-23(22-10-6-7-11-22)16-27(26)41-34-40-18-24-20-44(32-30(38)28(51-4)17-29(52-5)31(32)39)36(48)45(33(24)43-34)19-21-9-8-12-25(15-21)46(49)50/h8-9,12,15,17-18,22-23,26-27H,6-7,10-11,13-14,16,19-20H2,1-5H3,(H,42,47)(H,40,41,43). The number of halogens is 2. The maximum absolute atomic E-state index is 14.6. The van der Waals surface area contributed by atoms with Crippen molar-refractivity contribution in [1.82, 2.24) is 15.3 Å². The van der Waals surface area contributed by atoms with E-state index in [1.54, 1.807) is 18.3 Å². The zero-order valence-corrected chi connectivity index (χ0v) is 32.0. The highest BCUT2D eigenvalue weighted by Gasteiger charge is 2.39. The number of methoxy groups -OCH3 is 2. The molecule has 3 atom stereocenters. The number of amides is 3.